The van der Waals surface area contributed by atoms with Crippen LogP contribution in [0.3, 0.4) is 0 Å². The van der Waals surface area contributed by atoms with Crippen LogP contribution in [0.5, 0.6) is 0 Å². The van der Waals surface area contributed by atoms with Crippen LogP contribution in [0.15, 0.2) is 23.0 Å². The summed E-state index contributed by atoms with van der Waals surface area (Å²) in [4.78, 5) is 0. The molecule has 0 aromatic carbocycles. The van der Waals surface area contributed by atoms with Gasteiger partial charge < -0.3 is 14.5 Å². The molecule has 1 saturated carbocycles. The Balaban J connectivity index is 1.42. The minimum atomic E-state index is 0.250. The molecule has 0 amide bonds. The van der Waals surface area contributed by atoms with Crippen LogP contribution in [0.4, 0.5) is 0 Å². The van der Waals surface area contributed by atoms with E-state index in [1.807, 2.05) is 6.07 Å². The van der Waals surface area contributed by atoms with Crippen molar-refractivity contribution in [3.63, 3.8) is 0 Å². The van der Waals surface area contributed by atoms with E-state index in [0.29, 0.717) is 6.10 Å². The molecule has 2 heterocycles. The van der Waals surface area contributed by atoms with E-state index in [1.54, 1.807) is 12.5 Å². The third kappa shape index (κ3) is 2.78. The molecule has 1 aromatic rings. The summed E-state index contributed by atoms with van der Waals surface area (Å²) in [6, 6.07) is 2.01. The molecule has 1 N–H and O–H groups in total. The summed E-state index contributed by atoms with van der Waals surface area (Å²) in [7, 11) is 0. The number of furan rings is 1. The van der Waals surface area contributed by atoms with Crippen molar-refractivity contribution in [2.24, 2.45) is 0 Å². The first kappa shape index (κ1) is 12.2. The van der Waals surface area contributed by atoms with Crippen molar-refractivity contribution in [3.05, 3.63) is 24.2 Å². The smallest absolute Gasteiger partial charge is 0.0947 e. The van der Waals surface area contributed by atoms with Gasteiger partial charge >= 0.3 is 0 Å². The van der Waals surface area contributed by atoms with Gasteiger partial charge in [-0.3, -0.25) is 0 Å². The van der Waals surface area contributed by atoms with Crippen molar-refractivity contribution in [2.75, 3.05) is 6.54 Å². The van der Waals surface area contributed by atoms with Gasteiger partial charge in [0.25, 0.3) is 0 Å². The van der Waals surface area contributed by atoms with E-state index in [-0.39, 0.29) is 5.60 Å². The first-order valence-corrected chi connectivity index (χ1v) is 7.26. The molecule has 2 fully saturated rings. The van der Waals surface area contributed by atoms with E-state index in [2.05, 4.69) is 5.32 Å². The van der Waals surface area contributed by atoms with E-state index in [0.717, 1.165) is 13.1 Å². The second-order valence-electron chi connectivity index (χ2n) is 5.78. The van der Waals surface area contributed by atoms with Gasteiger partial charge in [-0.25, -0.2) is 0 Å². The van der Waals surface area contributed by atoms with Crippen LogP contribution in [-0.2, 0) is 11.3 Å². The average Bonchev–Trinajstić information content (AvgIpc) is 3.02. The van der Waals surface area contributed by atoms with Gasteiger partial charge in [0.2, 0.25) is 0 Å². The summed E-state index contributed by atoms with van der Waals surface area (Å²) in [6.45, 7) is 1.84. The zero-order chi connectivity index (χ0) is 12.3. The number of nitrogens with one attached hydrogen (secondary N) is 1. The molecule has 1 atom stereocenters. The van der Waals surface area contributed by atoms with Crippen molar-refractivity contribution in [1.29, 1.82) is 0 Å². The average molecular weight is 249 g/mol. The Morgan fingerprint density at radius 3 is 2.89 bits per heavy atom. The summed E-state index contributed by atoms with van der Waals surface area (Å²) >= 11 is 0. The van der Waals surface area contributed by atoms with Crippen LogP contribution in [0.2, 0.25) is 0 Å². The first-order chi connectivity index (χ1) is 8.86. The summed E-state index contributed by atoms with van der Waals surface area (Å²) < 4.78 is 11.4. The number of rotatable bonds is 4. The Bertz CT molecular complexity index is 355. The maximum absolute atomic E-state index is 6.32. The van der Waals surface area contributed by atoms with Crippen LogP contribution in [0, 0.1) is 0 Å². The Morgan fingerprint density at radius 2 is 2.11 bits per heavy atom. The minimum absolute atomic E-state index is 0.250. The molecule has 1 aliphatic carbocycles. The zero-order valence-corrected chi connectivity index (χ0v) is 11.0. The summed E-state index contributed by atoms with van der Waals surface area (Å²) in [5.41, 5.74) is 1.46. The molecule has 1 aliphatic heterocycles. The molecule has 0 radical (unpaired) electrons. The third-order valence-corrected chi connectivity index (χ3v) is 4.38. The van der Waals surface area contributed by atoms with Crippen molar-refractivity contribution in [2.45, 2.75) is 63.2 Å². The van der Waals surface area contributed by atoms with E-state index in [1.165, 1.54) is 50.5 Å². The predicted molar refractivity (Wildman–Crippen MR) is 70.3 cm³/mol. The molecule has 1 aromatic heterocycles. The molecule has 1 unspecified atom stereocenters. The molecular formula is C15H23NO2. The third-order valence-electron chi connectivity index (χ3n) is 4.38. The van der Waals surface area contributed by atoms with Crippen LogP contribution in [-0.4, -0.2) is 18.2 Å². The van der Waals surface area contributed by atoms with E-state index in [9.17, 15) is 0 Å². The highest BCUT2D eigenvalue weighted by Gasteiger charge is 2.40. The van der Waals surface area contributed by atoms with Crippen molar-refractivity contribution in [3.8, 4) is 0 Å². The summed E-state index contributed by atoms with van der Waals surface area (Å²) in [5.74, 6) is 0. The van der Waals surface area contributed by atoms with Crippen LogP contribution in [0.1, 0.15) is 50.5 Å². The monoisotopic (exact) mass is 249 g/mol. The highest BCUT2D eigenvalue weighted by molar-refractivity contribution is 5.04. The van der Waals surface area contributed by atoms with Gasteiger partial charge in [-0.05, 0) is 31.7 Å². The number of ether oxygens (including phenoxy) is 1. The standard InChI is InChI=1S/C15H23NO2/c1-2-6-15(7-3-1)8-4-14(18-15)11-16-10-13-5-9-17-12-13/h5,9,12,14,16H,1-4,6-8,10-11H2. The summed E-state index contributed by atoms with van der Waals surface area (Å²) in [6.07, 6.45) is 13.1. The number of hydrogen-bond donors (Lipinski definition) is 1. The quantitative estimate of drug-likeness (QED) is 0.889. The second-order valence-corrected chi connectivity index (χ2v) is 5.78. The zero-order valence-electron chi connectivity index (χ0n) is 11.0. The lowest BCUT2D eigenvalue weighted by Crippen LogP contribution is -2.34. The Morgan fingerprint density at radius 1 is 1.22 bits per heavy atom. The highest BCUT2D eigenvalue weighted by atomic mass is 16.5. The lowest BCUT2D eigenvalue weighted by molar-refractivity contribution is -0.0624. The van der Waals surface area contributed by atoms with Crippen LogP contribution >= 0.6 is 0 Å². The fourth-order valence-electron chi connectivity index (χ4n) is 3.37. The normalized spacial score (nSPS) is 26.8. The van der Waals surface area contributed by atoms with Gasteiger partial charge in [0.05, 0.1) is 24.2 Å². The lowest BCUT2D eigenvalue weighted by Gasteiger charge is -2.33. The first-order valence-electron chi connectivity index (χ1n) is 7.26. The van der Waals surface area contributed by atoms with Gasteiger partial charge in [-0.15, -0.1) is 0 Å². The van der Waals surface area contributed by atoms with Crippen molar-refractivity contribution >= 4 is 0 Å². The maximum Gasteiger partial charge on any atom is 0.0947 e. The van der Waals surface area contributed by atoms with Gasteiger partial charge in [0, 0.05) is 18.7 Å². The van der Waals surface area contributed by atoms with Crippen LogP contribution < -0.4 is 5.32 Å². The SMILES string of the molecule is c1cc(CNCC2CCC3(CCCCC3)O2)co1. The Kier molecular flexibility index (Phi) is 3.71. The fourth-order valence-corrected chi connectivity index (χ4v) is 3.37. The van der Waals surface area contributed by atoms with Crippen LogP contribution in [0.25, 0.3) is 0 Å². The minimum Gasteiger partial charge on any atom is -0.472 e. The van der Waals surface area contributed by atoms with Crippen molar-refractivity contribution < 1.29 is 9.15 Å². The Hall–Kier alpha value is -0.800. The molecular weight excluding hydrogens is 226 g/mol. The fraction of sp³-hybridized carbons (Fsp3) is 0.733. The topological polar surface area (TPSA) is 34.4 Å². The molecule has 100 valence electrons. The predicted octanol–water partition coefficient (Wildman–Crippen LogP) is 3.25. The Labute approximate surface area is 109 Å². The molecule has 3 rings (SSSR count). The van der Waals surface area contributed by atoms with Gasteiger partial charge in [0.15, 0.2) is 0 Å². The molecule has 18 heavy (non-hydrogen) atoms. The van der Waals surface area contributed by atoms with E-state index in [4.69, 9.17) is 9.15 Å². The number of hydrogen-bond acceptors (Lipinski definition) is 3. The molecule has 3 heteroatoms. The van der Waals surface area contributed by atoms with E-state index >= 15 is 0 Å². The van der Waals surface area contributed by atoms with E-state index < -0.39 is 0 Å². The summed E-state index contributed by atoms with van der Waals surface area (Å²) in [5, 5.41) is 3.47. The molecule has 0 bridgehead atoms. The lowest BCUT2D eigenvalue weighted by atomic mass is 9.83. The van der Waals surface area contributed by atoms with Gasteiger partial charge in [0.1, 0.15) is 0 Å². The molecule has 1 spiro atoms. The molecule has 3 nitrogen and oxygen atoms in total. The maximum atomic E-state index is 6.32. The second kappa shape index (κ2) is 5.45. The van der Waals surface area contributed by atoms with Gasteiger partial charge in [-0.2, -0.15) is 0 Å². The largest absolute Gasteiger partial charge is 0.472 e. The van der Waals surface area contributed by atoms with Crippen molar-refractivity contribution in [1.82, 2.24) is 5.32 Å². The highest BCUT2D eigenvalue weighted by Crippen LogP contribution is 2.41. The molecule has 2 aliphatic rings. The molecule has 1 saturated heterocycles. The van der Waals surface area contributed by atoms with Gasteiger partial charge in [-0.1, -0.05) is 19.3 Å².